The maximum atomic E-state index is 12.3. The number of nitrogens with zero attached hydrogens (tertiary/aromatic N) is 1. The second-order valence-corrected chi connectivity index (χ2v) is 5.79. The number of nitrogens with one attached hydrogen (secondary N) is 1. The minimum absolute atomic E-state index is 0.0294. The van der Waals surface area contributed by atoms with Crippen molar-refractivity contribution in [2.75, 3.05) is 6.54 Å². The van der Waals surface area contributed by atoms with Gasteiger partial charge in [0.05, 0.1) is 0 Å². The van der Waals surface area contributed by atoms with Crippen LogP contribution in [0.1, 0.15) is 45.1 Å². The summed E-state index contributed by atoms with van der Waals surface area (Å²) >= 11 is 0. The second kappa shape index (κ2) is 6.74. The average molecular weight is 288 g/mol. The van der Waals surface area contributed by atoms with Gasteiger partial charge in [-0.1, -0.05) is 44.2 Å². The van der Waals surface area contributed by atoms with Gasteiger partial charge in [0, 0.05) is 6.54 Å². The van der Waals surface area contributed by atoms with Gasteiger partial charge in [-0.3, -0.25) is 9.59 Å². The fourth-order valence-electron chi connectivity index (χ4n) is 2.87. The molecular weight excluding hydrogens is 264 g/mol. The third kappa shape index (κ3) is 3.43. The summed E-state index contributed by atoms with van der Waals surface area (Å²) in [6, 6.07) is 9.54. The van der Waals surface area contributed by atoms with Gasteiger partial charge in [-0.15, -0.1) is 0 Å². The van der Waals surface area contributed by atoms with E-state index in [0.29, 0.717) is 18.9 Å². The van der Waals surface area contributed by atoms with Crippen LogP contribution in [-0.2, 0) is 9.59 Å². The summed E-state index contributed by atoms with van der Waals surface area (Å²) in [5.41, 5.74) is 1.27. The van der Waals surface area contributed by atoms with Crippen molar-refractivity contribution >= 4 is 11.8 Å². The Labute approximate surface area is 126 Å². The lowest BCUT2D eigenvalue weighted by molar-refractivity contribution is -0.149. The maximum Gasteiger partial charge on any atom is 0.245 e. The van der Waals surface area contributed by atoms with Crippen molar-refractivity contribution in [3.8, 4) is 0 Å². The number of rotatable bonds is 5. The molecule has 0 saturated carbocycles. The van der Waals surface area contributed by atoms with E-state index in [4.69, 9.17) is 0 Å². The predicted molar refractivity (Wildman–Crippen MR) is 82.9 cm³/mol. The molecule has 1 aliphatic heterocycles. The first-order valence-electron chi connectivity index (χ1n) is 7.70. The molecule has 2 rings (SSSR count). The Kier molecular flexibility index (Phi) is 4.99. The molecule has 1 fully saturated rings. The highest BCUT2D eigenvalue weighted by Gasteiger charge is 2.37. The van der Waals surface area contributed by atoms with E-state index in [0.717, 1.165) is 6.42 Å². The Morgan fingerprint density at radius 1 is 1.24 bits per heavy atom. The van der Waals surface area contributed by atoms with Gasteiger partial charge in [-0.05, 0) is 31.2 Å². The van der Waals surface area contributed by atoms with Crippen molar-refractivity contribution in [2.45, 2.75) is 51.6 Å². The van der Waals surface area contributed by atoms with E-state index >= 15 is 0 Å². The van der Waals surface area contributed by atoms with Crippen LogP contribution in [0.15, 0.2) is 30.3 Å². The molecule has 1 N–H and O–H groups in total. The summed E-state index contributed by atoms with van der Waals surface area (Å²) in [7, 11) is 0. The molecule has 2 amide bonds. The fourth-order valence-corrected chi connectivity index (χ4v) is 2.87. The SMILES string of the molecule is CCC1C(=O)NC(C)C(=O)N1CCC(C)c1ccccc1. The molecule has 1 aliphatic rings. The van der Waals surface area contributed by atoms with Gasteiger partial charge in [0.25, 0.3) is 0 Å². The number of amides is 2. The van der Waals surface area contributed by atoms with Gasteiger partial charge in [-0.25, -0.2) is 0 Å². The zero-order valence-electron chi connectivity index (χ0n) is 13.0. The molecule has 0 spiro atoms. The Bertz CT molecular complexity index is 501. The molecule has 0 radical (unpaired) electrons. The number of benzene rings is 1. The van der Waals surface area contributed by atoms with Gasteiger partial charge < -0.3 is 10.2 Å². The molecule has 0 aliphatic carbocycles. The normalized spacial score (nSPS) is 23.9. The molecule has 4 heteroatoms. The lowest BCUT2D eigenvalue weighted by Crippen LogP contribution is -2.62. The van der Waals surface area contributed by atoms with Crippen LogP contribution in [0, 0.1) is 0 Å². The van der Waals surface area contributed by atoms with Gasteiger partial charge in [0.1, 0.15) is 12.1 Å². The quantitative estimate of drug-likeness (QED) is 0.904. The van der Waals surface area contributed by atoms with Crippen LogP contribution in [0.25, 0.3) is 0 Å². The van der Waals surface area contributed by atoms with Gasteiger partial charge >= 0.3 is 0 Å². The third-order valence-electron chi connectivity index (χ3n) is 4.25. The van der Waals surface area contributed by atoms with Crippen LogP contribution in [0.3, 0.4) is 0 Å². The van der Waals surface area contributed by atoms with Crippen molar-refractivity contribution in [3.63, 3.8) is 0 Å². The number of carbonyl (C=O) groups excluding carboxylic acids is 2. The molecule has 0 aromatic heterocycles. The minimum Gasteiger partial charge on any atom is -0.343 e. The highest BCUT2D eigenvalue weighted by atomic mass is 16.2. The lowest BCUT2D eigenvalue weighted by Gasteiger charge is -2.38. The Balaban J connectivity index is 2.02. The van der Waals surface area contributed by atoms with Gasteiger partial charge in [0.15, 0.2) is 0 Å². The van der Waals surface area contributed by atoms with E-state index in [9.17, 15) is 9.59 Å². The van der Waals surface area contributed by atoms with Crippen LogP contribution in [-0.4, -0.2) is 35.3 Å². The van der Waals surface area contributed by atoms with Crippen molar-refractivity contribution < 1.29 is 9.59 Å². The molecule has 21 heavy (non-hydrogen) atoms. The summed E-state index contributed by atoms with van der Waals surface area (Å²) in [6.07, 6.45) is 1.52. The number of carbonyl (C=O) groups is 2. The maximum absolute atomic E-state index is 12.3. The van der Waals surface area contributed by atoms with Crippen LogP contribution in [0.2, 0.25) is 0 Å². The van der Waals surface area contributed by atoms with E-state index in [1.165, 1.54) is 5.56 Å². The molecule has 114 valence electrons. The molecular formula is C17H24N2O2. The molecule has 4 nitrogen and oxygen atoms in total. The zero-order valence-corrected chi connectivity index (χ0v) is 13.0. The van der Waals surface area contributed by atoms with Crippen molar-refractivity contribution in [1.82, 2.24) is 10.2 Å². The van der Waals surface area contributed by atoms with Crippen molar-refractivity contribution in [2.24, 2.45) is 0 Å². The summed E-state index contributed by atoms with van der Waals surface area (Å²) in [5.74, 6) is 0.371. The van der Waals surface area contributed by atoms with E-state index in [-0.39, 0.29) is 17.9 Å². The molecule has 1 heterocycles. The van der Waals surface area contributed by atoms with Crippen LogP contribution < -0.4 is 5.32 Å². The molecule has 1 aromatic carbocycles. The number of hydrogen-bond donors (Lipinski definition) is 1. The van der Waals surface area contributed by atoms with Gasteiger partial charge in [-0.2, -0.15) is 0 Å². The van der Waals surface area contributed by atoms with Crippen molar-refractivity contribution in [1.29, 1.82) is 0 Å². The predicted octanol–water partition coefficient (Wildman–Crippen LogP) is 2.31. The summed E-state index contributed by atoms with van der Waals surface area (Å²) in [4.78, 5) is 26.1. The van der Waals surface area contributed by atoms with Crippen LogP contribution in [0.4, 0.5) is 0 Å². The standard InChI is InChI=1S/C17H24N2O2/c1-4-15-16(20)18-13(3)17(21)19(15)11-10-12(2)14-8-6-5-7-9-14/h5-9,12-13,15H,4,10-11H2,1-3H3,(H,18,20). The molecule has 0 bridgehead atoms. The highest BCUT2D eigenvalue weighted by Crippen LogP contribution is 2.21. The van der Waals surface area contributed by atoms with Crippen molar-refractivity contribution in [3.05, 3.63) is 35.9 Å². The van der Waals surface area contributed by atoms with E-state index < -0.39 is 6.04 Å². The van der Waals surface area contributed by atoms with Crippen LogP contribution >= 0.6 is 0 Å². The number of piperazine rings is 1. The number of hydrogen-bond acceptors (Lipinski definition) is 2. The van der Waals surface area contributed by atoms with E-state index in [2.05, 4.69) is 24.4 Å². The Hall–Kier alpha value is -1.84. The minimum atomic E-state index is -0.410. The molecule has 1 saturated heterocycles. The topological polar surface area (TPSA) is 49.4 Å². The lowest BCUT2D eigenvalue weighted by atomic mass is 9.96. The van der Waals surface area contributed by atoms with Gasteiger partial charge in [0.2, 0.25) is 11.8 Å². The zero-order chi connectivity index (χ0) is 15.4. The van der Waals surface area contributed by atoms with Crippen LogP contribution in [0.5, 0.6) is 0 Å². The molecule has 3 atom stereocenters. The first kappa shape index (κ1) is 15.5. The van der Waals surface area contributed by atoms with E-state index in [1.807, 2.05) is 25.1 Å². The molecule has 1 aromatic rings. The second-order valence-electron chi connectivity index (χ2n) is 5.79. The first-order valence-corrected chi connectivity index (χ1v) is 7.70. The Morgan fingerprint density at radius 3 is 2.52 bits per heavy atom. The third-order valence-corrected chi connectivity index (χ3v) is 4.25. The monoisotopic (exact) mass is 288 g/mol. The smallest absolute Gasteiger partial charge is 0.245 e. The Morgan fingerprint density at radius 2 is 1.90 bits per heavy atom. The first-order chi connectivity index (χ1) is 10.0. The summed E-state index contributed by atoms with van der Waals surface area (Å²) < 4.78 is 0. The summed E-state index contributed by atoms with van der Waals surface area (Å²) in [5, 5.41) is 2.75. The largest absolute Gasteiger partial charge is 0.343 e. The highest BCUT2D eigenvalue weighted by molar-refractivity contribution is 5.96. The summed E-state index contributed by atoms with van der Waals surface area (Å²) in [6.45, 7) is 6.49. The van der Waals surface area contributed by atoms with E-state index in [1.54, 1.807) is 11.8 Å². The fraction of sp³-hybridized carbons (Fsp3) is 0.529. The molecule has 3 unspecified atom stereocenters. The average Bonchev–Trinajstić information content (AvgIpc) is 2.50.